The Labute approximate surface area is 108 Å². The molecule has 0 aliphatic heterocycles. The predicted molar refractivity (Wildman–Crippen MR) is 71.4 cm³/mol. The third-order valence-electron chi connectivity index (χ3n) is 3.05. The Hall–Kier alpha value is -1.62. The molecule has 2 rings (SSSR count). The van der Waals surface area contributed by atoms with Crippen molar-refractivity contribution >= 4 is 0 Å². The van der Waals surface area contributed by atoms with Crippen LogP contribution in [0.5, 0.6) is 0 Å². The number of aromatic nitrogens is 4. The molecule has 0 aromatic carbocycles. The Morgan fingerprint density at radius 1 is 1.22 bits per heavy atom. The standard InChI is InChI=1S/C13H21N5/c1-4-11-8-13(17(5-2)16-11)10-18-12(9-14-3)6-7-15-18/h6-8,14H,4-5,9-10H2,1-3H3. The molecular formula is C13H21N5. The Morgan fingerprint density at radius 2 is 2.06 bits per heavy atom. The fourth-order valence-corrected chi connectivity index (χ4v) is 2.08. The third kappa shape index (κ3) is 2.61. The van der Waals surface area contributed by atoms with Crippen LogP contribution in [0.4, 0.5) is 0 Å². The molecule has 0 aliphatic carbocycles. The predicted octanol–water partition coefficient (Wildman–Crippen LogP) is 1.43. The molecular weight excluding hydrogens is 226 g/mol. The second-order valence-electron chi connectivity index (χ2n) is 4.31. The van der Waals surface area contributed by atoms with E-state index < -0.39 is 0 Å². The molecule has 0 bridgehead atoms. The van der Waals surface area contributed by atoms with E-state index in [9.17, 15) is 0 Å². The fourth-order valence-electron chi connectivity index (χ4n) is 2.08. The number of nitrogens with zero attached hydrogens (tertiary/aromatic N) is 4. The maximum Gasteiger partial charge on any atom is 0.0832 e. The van der Waals surface area contributed by atoms with Gasteiger partial charge < -0.3 is 5.32 Å². The lowest BCUT2D eigenvalue weighted by molar-refractivity contribution is 0.555. The maximum absolute atomic E-state index is 4.56. The van der Waals surface area contributed by atoms with Gasteiger partial charge in [0.15, 0.2) is 0 Å². The first-order valence-corrected chi connectivity index (χ1v) is 6.49. The van der Waals surface area contributed by atoms with E-state index in [2.05, 4.69) is 40.1 Å². The number of nitrogens with one attached hydrogen (secondary N) is 1. The van der Waals surface area contributed by atoms with Gasteiger partial charge in [0.1, 0.15) is 0 Å². The molecule has 18 heavy (non-hydrogen) atoms. The van der Waals surface area contributed by atoms with Gasteiger partial charge in [0.05, 0.1) is 23.6 Å². The maximum atomic E-state index is 4.56. The van der Waals surface area contributed by atoms with E-state index >= 15 is 0 Å². The Bertz CT molecular complexity index is 497. The molecule has 0 amide bonds. The number of hydrogen-bond donors (Lipinski definition) is 1. The van der Waals surface area contributed by atoms with E-state index in [0.717, 1.165) is 31.7 Å². The summed E-state index contributed by atoms with van der Waals surface area (Å²) in [6.45, 7) is 6.77. The lowest BCUT2D eigenvalue weighted by Gasteiger charge is -2.08. The zero-order valence-electron chi connectivity index (χ0n) is 11.3. The SMILES string of the molecule is CCc1cc(Cn2nccc2CNC)n(CC)n1. The zero-order chi connectivity index (χ0) is 13.0. The molecule has 2 aromatic rings. The topological polar surface area (TPSA) is 47.7 Å². The van der Waals surface area contributed by atoms with Crippen LogP contribution in [0.15, 0.2) is 18.3 Å². The number of aryl methyl sites for hydroxylation is 2. The summed E-state index contributed by atoms with van der Waals surface area (Å²) >= 11 is 0. The van der Waals surface area contributed by atoms with Gasteiger partial charge in [-0.3, -0.25) is 9.36 Å². The van der Waals surface area contributed by atoms with Crippen LogP contribution in [0, 0.1) is 0 Å². The van der Waals surface area contributed by atoms with Crippen molar-refractivity contribution in [2.24, 2.45) is 0 Å². The summed E-state index contributed by atoms with van der Waals surface area (Å²) in [4.78, 5) is 0. The second kappa shape index (κ2) is 5.82. The highest BCUT2D eigenvalue weighted by molar-refractivity contribution is 5.12. The van der Waals surface area contributed by atoms with Gasteiger partial charge in [-0.25, -0.2) is 0 Å². The monoisotopic (exact) mass is 247 g/mol. The minimum atomic E-state index is 0.783. The quantitative estimate of drug-likeness (QED) is 0.840. The molecule has 0 unspecified atom stereocenters. The summed E-state index contributed by atoms with van der Waals surface area (Å²) in [5.41, 5.74) is 3.56. The van der Waals surface area contributed by atoms with Crippen molar-refractivity contribution in [3.8, 4) is 0 Å². The fraction of sp³-hybridized carbons (Fsp3) is 0.538. The van der Waals surface area contributed by atoms with Gasteiger partial charge >= 0.3 is 0 Å². The van der Waals surface area contributed by atoms with Crippen LogP contribution < -0.4 is 5.32 Å². The Morgan fingerprint density at radius 3 is 2.72 bits per heavy atom. The van der Waals surface area contributed by atoms with Crippen molar-refractivity contribution in [3.05, 3.63) is 35.4 Å². The molecule has 0 saturated carbocycles. The van der Waals surface area contributed by atoms with Crippen LogP contribution in [-0.4, -0.2) is 26.6 Å². The van der Waals surface area contributed by atoms with E-state index in [0.29, 0.717) is 0 Å². The first kappa shape index (κ1) is 12.8. The van der Waals surface area contributed by atoms with Crippen molar-refractivity contribution in [1.29, 1.82) is 0 Å². The van der Waals surface area contributed by atoms with Crippen molar-refractivity contribution in [3.63, 3.8) is 0 Å². The average molecular weight is 247 g/mol. The number of hydrogen-bond acceptors (Lipinski definition) is 3. The summed E-state index contributed by atoms with van der Waals surface area (Å²) in [6.07, 6.45) is 2.82. The molecule has 0 spiro atoms. The molecule has 98 valence electrons. The molecule has 0 saturated heterocycles. The van der Waals surface area contributed by atoms with Gasteiger partial charge in [-0.1, -0.05) is 6.92 Å². The van der Waals surface area contributed by atoms with E-state index in [4.69, 9.17) is 0 Å². The molecule has 5 nitrogen and oxygen atoms in total. The minimum absolute atomic E-state index is 0.783. The van der Waals surface area contributed by atoms with Crippen LogP contribution in [0.25, 0.3) is 0 Å². The normalized spacial score (nSPS) is 11.1. The van der Waals surface area contributed by atoms with E-state index in [-0.39, 0.29) is 0 Å². The zero-order valence-corrected chi connectivity index (χ0v) is 11.3. The summed E-state index contributed by atoms with van der Waals surface area (Å²) < 4.78 is 4.09. The molecule has 2 heterocycles. The first-order valence-electron chi connectivity index (χ1n) is 6.49. The highest BCUT2D eigenvalue weighted by Crippen LogP contribution is 2.09. The molecule has 5 heteroatoms. The third-order valence-corrected chi connectivity index (χ3v) is 3.05. The lowest BCUT2D eigenvalue weighted by Crippen LogP contribution is -2.15. The number of rotatable bonds is 6. The van der Waals surface area contributed by atoms with Crippen molar-refractivity contribution < 1.29 is 0 Å². The Kier molecular flexibility index (Phi) is 4.15. The van der Waals surface area contributed by atoms with Gasteiger partial charge in [-0.2, -0.15) is 10.2 Å². The molecule has 2 aromatic heterocycles. The van der Waals surface area contributed by atoms with E-state index in [1.54, 1.807) is 0 Å². The summed E-state index contributed by atoms with van der Waals surface area (Å²) in [6, 6.07) is 4.22. The van der Waals surface area contributed by atoms with Crippen molar-refractivity contribution in [1.82, 2.24) is 24.9 Å². The van der Waals surface area contributed by atoms with Crippen molar-refractivity contribution in [2.45, 2.75) is 39.9 Å². The average Bonchev–Trinajstić information content (AvgIpc) is 2.97. The molecule has 0 atom stereocenters. The highest BCUT2D eigenvalue weighted by Gasteiger charge is 2.08. The van der Waals surface area contributed by atoms with E-state index in [1.807, 2.05) is 24.0 Å². The molecule has 1 N–H and O–H groups in total. The molecule has 0 radical (unpaired) electrons. The smallest absolute Gasteiger partial charge is 0.0832 e. The van der Waals surface area contributed by atoms with Crippen LogP contribution >= 0.6 is 0 Å². The van der Waals surface area contributed by atoms with Gasteiger partial charge in [0.2, 0.25) is 0 Å². The summed E-state index contributed by atoms with van der Waals surface area (Å²) in [5, 5.41) is 12.1. The van der Waals surface area contributed by atoms with Crippen LogP contribution in [0.2, 0.25) is 0 Å². The Balaban J connectivity index is 2.22. The van der Waals surface area contributed by atoms with Crippen molar-refractivity contribution in [2.75, 3.05) is 7.05 Å². The van der Waals surface area contributed by atoms with Gasteiger partial charge in [-0.15, -0.1) is 0 Å². The van der Waals surface area contributed by atoms with Crippen LogP contribution in [0.3, 0.4) is 0 Å². The second-order valence-corrected chi connectivity index (χ2v) is 4.31. The van der Waals surface area contributed by atoms with Gasteiger partial charge in [0.25, 0.3) is 0 Å². The lowest BCUT2D eigenvalue weighted by atomic mass is 10.3. The minimum Gasteiger partial charge on any atom is -0.314 e. The van der Waals surface area contributed by atoms with E-state index in [1.165, 1.54) is 11.4 Å². The highest BCUT2D eigenvalue weighted by atomic mass is 15.3. The first-order chi connectivity index (χ1) is 8.78. The molecule has 0 fully saturated rings. The molecule has 0 aliphatic rings. The summed E-state index contributed by atoms with van der Waals surface area (Å²) in [7, 11) is 1.95. The van der Waals surface area contributed by atoms with Gasteiger partial charge in [-0.05, 0) is 32.5 Å². The summed E-state index contributed by atoms with van der Waals surface area (Å²) in [5.74, 6) is 0. The van der Waals surface area contributed by atoms with Crippen LogP contribution in [0.1, 0.15) is 30.9 Å². The largest absolute Gasteiger partial charge is 0.314 e. The van der Waals surface area contributed by atoms with Gasteiger partial charge in [0, 0.05) is 19.3 Å². The van der Waals surface area contributed by atoms with Crippen LogP contribution in [-0.2, 0) is 26.1 Å².